The number of β-amino-alcohol motifs (C(OH)–C–C–N with tert-alkyl or cyclic N) is 1. The number of nitrogens with one attached hydrogen (secondary N) is 1. The Balaban J connectivity index is 1.19. The van der Waals surface area contributed by atoms with Crippen molar-refractivity contribution < 1.29 is 29.3 Å². The fourth-order valence-electron chi connectivity index (χ4n) is 4.65. The van der Waals surface area contributed by atoms with Crippen LogP contribution in [0.5, 0.6) is 0 Å². The van der Waals surface area contributed by atoms with E-state index >= 15 is 0 Å². The maximum absolute atomic E-state index is 12.6. The maximum atomic E-state index is 12.6. The van der Waals surface area contributed by atoms with Crippen molar-refractivity contribution in [1.29, 1.82) is 0 Å². The van der Waals surface area contributed by atoms with Gasteiger partial charge in [0.2, 0.25) is 0 Å². The summed E-state index contributed by atoms with van der Waals surface area (Å²) < 4.78 is 5.51. The molecule has 9 heteroatoms. The minimum Gasteiger partial charge on any atom is -0.479 e. The Morgan fingerprint density at radius 3 is 2.26 bits per heavy atom. The van der Waals surface area contributed by atoms with Crippen molar-refractivity contribution in [2.75, 3.05) is 25.0 Å². The number of benzene rings is 2. The highest BCUT2D eigenvalue weighted by Gasteiger charge is 2.44. The van der Waals surface area contributed by atoms with Gasteiger partial charge in [-0.2, -0.15) is 0 Å². The molecule has 9 nitrogen and oxygen atoms in total. The van der Waals surface area contributed by atoms with Crippen LogP contribution in [0.3, 0.4) is 0 Å². The minimum atomic E-state index is -1.94. The highest BCUT2D eigenvalue weighted by atomic mass is 16.5. The topological polar surface area (TPSA) is 129 Å². The van der Waals surface area contributed by atoms with E-state index in [1.807, 2.05) is 36.4 Å². The Morgan fingerprint density at radius 1 is 1.03 bits per heavy atom. The van der Waals surface area contributed by atoms with Crippen molar-refractivity contribution in [3.8, 4) is 11.1 Å². The molecule has 0 radical (unpaired) electrons. The molecule has 0 bridgehead atoms. The quantitative estimate of drug-likeness (QED) is 0.519. The molecule has 1 fully saturated rings. The van der Waals surface area contributed by atoms with E-state index in [0.717, 1.165) is 22.3 Å². The van der Waals surface area contributed by atoms with Crippen LogP contribution in [0.15, 0.2) is 66.9 Å². The number of rotatable bonds is 5. The Labute approximate surface area is 201 Å². The molecule has 3 aromatic rings. The lowest BCUT2D eigenvalue weighted by Crippen LogP contribution is -2.42. The number of nitrogens with zero attached hydrogens (tertiary/aromatic N) is 2. The lowest BCUT2D eigenvalue weighted by molar-refractivity contribution is -0.156. The van der Waals surface area contributed by atoms with Crippen molar-refractivity contribution in [3.63, 3.8) is 0 Å². The zero-order valence-electron chi connectivity index (χ0n) is 18.7. The van der Waals surface area contributed by atoms with E-state index < -0.39 is 23.6 Å². The molecular weight excluding hydrogens is 450 g/mol. The number of carbonyl (C=O) groups is 3. The van der Waals surface area contributed by atoms with E-state index in [-0.39, 0.29) is 37.7 Å². The van der Waals surface area contributed by atoms with Crippen LogP contribution in [0.4, 0.5) is 10.5 Å². The summed E-state index contributed by atoms with van der Waals surface area (Å²) in [6.07, 6.45) is 0.641. The number of carboxylic acid groups (broad SMARTS) is 1. The van der Waals surface area contributed by atoms with Crippen LogP contribution in [0.1, 0.15) is 34.0 Å². The molecule has 2 aliphatic rings. The number of carbonyl (C=O) groups excluding carboxylic acids is 2. The summed E-state index contributed by atoms with van der Waals surface area (Å²) in [5.74, 6) is -1.91. The first-order chi connectivity index (χ1) is 16.9. The number of hydrogen-bond acceptors (Lipinski definition) is 6. The van der Waals surface area contributed by atoms with Gasteiger partial charge in [-0.25, -0.2) is 14.6 Å². The molecule has 2 amide bonds. The molecule has 0 saturated carbocycles. The largest absolute Gasteiger partial charge is 0.479 e. The Bertz CT molecular complexity index is 1260. The number of carboxylic acids is 1. The van der Waals surface area contributed by atoms with Gasteiger partial charge in [0, 0.05) is 18.9 Å². The summed E-state index contributed by atoms with van der Waals surface area (Å²) in [4.78, 5) is 41.5. The van der Waals surface area contributed by atoms with Crippen molar-refractivity contribution in [2.45, 2.75) is 17.9 Å². The number of ether oxygens (including phenoxy) is 1. The number of fused-ring (bicyclic) bond motifs is 3. The van der Waals surface area contributed by atoms with Crippen LogP contribution in [-0.4, -0.2) is 63.4 Å². The molecule has 3 N–H and O–H groups in total. The molecule has 1 aliphatic carbocycles. The van der Waals surface area contributed by atoms with E-state index in [1.165, 1.54) is 23.2 Å². The third-order valence-electron chi connectivity index (χ3n) is 6.51. The molecule has 1 aromatic heterocycles. The number of aliphatic hydroxyl groups is 1. The monoisotopic (exact) mass is 473 g/mol. The number of pyridine rings is 1. The standard InChI is InChI=1S/C26H23N3O6/c30-23(29-12-11-26(34,15-29)24(31)32)22-10-9-16(13-27-22)28-25(33)35-14-21-19-7-3-1-5-17(19)18-6-2-4-8-20(18)21/h1-10,13,21,34H,11-12,14-15H2,(H,28,33)(H,31,32). The first kappa shape index (κ1) is 22.5. The SMILES string of the molecule is O=C(Nc1ccc(C(=O)N2CCC(O)(C(=O)O)C2)nc1)OCC1c2ccccc2-c2ccccc21. The summed E-state index contributed by atoms with van der Waals surface area (Å²) in [5.41, 5.74) is 2.99. The number of anilines is 1. The molecule has 2 aromatic carbocycles. The maximum Gasteiger partial charge on any atom is 0.411 e. The Hall–Kier alpha value is -4.24. The fraction of sp³-hybridized carbons (Fsp3) is 0.231. The van der Waals surface area contributed by atoms with E-state index in [1.54, 1.807) is 0 Å². The summed E-state index contributed by atoms with van der Waals surface area (Å²) in [5, 5.41) is 21.8. The molecule has 1 aliphatic heterocycles. The second kappa shape index (κ2) is 8.84. The van der Waals surface area contributed by atoms with E-state index in [4.69, 9.17) is 9.84 Å². The lowest BCUT2D eigenvalue weighted by Gasteiger charge is -2.19. The van der Waals surface area contributed by atoms with Gasteiger partial charge < -0.3 is 19.8 Å². The van der Waals surface area contributed by atoms with Gasteiger partial charge in [0.05, 0.1) is 18.4 Å². The molecule has 35 heavy (non-hydrogen) atoms. The molecule has 2 heterocycles. The third-order valence-corrected chi connectivity index (χ3v) is 6.51. The first-order valence-corrected chi connectivity index (χ1v) is 11.2. The van der Waals surface area contributed by atoms with Gasteiger partial charge >= 0.3 is 12.1 Å². The van der Waals surface area contributed by atoms with Crippen molar-refractivity contribution in [3.05, 3.63) is 83.7 Å². The molecule has 5 rings (SSSR count). The zero-order valence-corrected chi connectivity index (χ0v) is 18.7. The lowest BCUT2D eigenvalue weighted by atomic mass is 9.98. The number of likely N-dealkylation sites (tertiary alicyclic amines) is 1. The van der Waals surface area contributed by atoms with Crippen LogP contribution < -0.4 is 5.32 Å². The number of aromatic nitrogens is 1. The fourth-order valence-corrected chi connectivity index (χ4v) is 4.65. The Morgan fingerprint density at radius 2 is 1.69 bits per heavy atom. The molecule has 1 atom stereocenters. The van der Waals surface area contributed by atoms with Gasteiger partial charge in [-0.1, -0.05) is 48.5 Å². The molecule has 1 unspecified atom stereocenters. The smallest absolute Gasteiger partial charge is 0.411 e. The number of hydrogen-bond donors (Lipinski definition) is 3. The molecular formula is C26H23N3O6. The summed E-state index contributed by atoms with van der Waals surface area (Å²) >= 11 is 0. The predicted octanol–water partition coefficient (Wildman–Crippen LogP) is 3.10. The normalized spacial score (nSPS) is 18.6. The molecule has 178 valence electrons. The number of aliphatic carboxylic acids is 1. The first-order valence-electron chi connectivity index (χ1n) is 11.2. The van der Waals surface area contributed by atoms with Crippen LogP contribution in [-0.2, 0) is 9.53 Å². The summed E-state index contributed by atoms with van der Waals surface area (Å²) in [6.45, 7) is -0.0169. The van der Waals surface area contributed by atoms with E-state index in [2.05, 4.69) is 22.4 Å². The zero-order chi connectivity index (χ0) is 24.6. The summed E-state index contributed by atoms with van der Waals surface area (Å²) in [6, 6.07) is 19.1. The average molecular weight is 473 g/mol. The van der Waals surface area contributed by atoms with Crippen molar-refractivity contribution >= 4 is 23.7 Å². The van der Waals surface area contributed by atoms with Gasteiger partial charge in [-0.15, -0.1) is 0 Å². The second-order valence-corrected chi connectivity index (χ2v) is 8.70. The average Bonchev–Trinajstić information content (AvgIpc) is 3.42. The Kier molecular flexibility index (Phi) is 5.70. The van der Waals surface area contributed by atoms with Crippen LogP contribution in [0, 0.1) is 0 Å². The highest BCUT2D eigenvalue weighted by molar-refractivity contribution is 5.94. The summed E-state index contributed by atoms with van der Waals surface area (Å²) in [7, 11) is 0. The van der Waals surface area contributed by atoms with Gasteiger partial charge in [-0.3, -0.25) is 10.1 Å². The van der Waals surface area contributed by atoms with Crippen LogP contribution >= 0.6 is 0 Å². The third kappa shape index (κ3) is 4.22. The van der Waals surface area contributed by atoms with Crippen LogP contribution in [0.2, 0.25) is 0 Å². The molecule has 1 saturated heterocycles. The van der Waals surface area contributed by atoms with Gasteiger partial charge in [0.15, 0.2) is 5.60 Å². The van der Waals surface area contributed by atoms with Gasteiger partial charge in [-0.05, 0) is 34.4 Å². The highest BCUT2D eigenvalue weighted by Crippen LogP contribution is 2.44. The second-order valence-electron chi connectivity index (χ2n) is 8.70. The van der Waals surface area contributed by atoms with Crippen molar-refractivity contribution in [2.24, 2.45) is 0 Å². The van der Waals surface area contributed by atoms with E-state index in [9.17, 15) is 19.5 Å². The van der Waals surface area contributed by atoms with Crippen molar-refractivity contribution in [1.82, 2.24) is 9.88 Å². The van der Waals surface area contributed by atoms with E-state index in [0.29, 0.717) is 5.69 Å². The number of amides is 2. The molecule has 0 spiro atoms. The van der Waals surface area contributed by atoms with Gasteiger partial charge in [0.25, 0.3) is 5.91 Å². The minimum absolute atomic E-state index is 0.0461. The predicted molar refractivity (Wildman–Crippen MR) is 126 cm³/mol. The van der Waals surface area contributed by atoms with Gasteiger partial charge in [0.1, 0.15) is 12.3 Å². The van der Waals surface area contributed by atoms with Crippen LogP contribution in [0.25, 0.3) is 11.1 Å².